The molecule has 1 aromatic heterocycles. The smallest absolute Gasteiger partial charge is 0.307 e. The zero-order chi connectivity index (χ0) is 13.6. The predicted octanol–water partition coefficient (Wildman–Crippen LogP) is 2.72. The van der Waals surface area contributed by atoms with Crippen LogP contribution in [-0.4, -0.2) is 21.2 Å². The van der Waals surface area contributed by atoms with E-state index >= 15 is 0 Å². The molecule has 0 bridgehead atoms. The molecule has 3 rings (SSSR count). The summed E-state index contributed by atoms with van der Waals surface area (Å²) >= 11 is 5.67. The van der Waals surface area contributed by atoms with Crippen molar-refractivity contribution in [3.05, 3.63) is 34.9 Å². The molecule has 1 aliphatic rings. The number of carboxylic acids is 1. The van der Waals surface area contributed by atoms with E-state index in [0.29, 0.717) is 17.9 Å². The number of benzene rings is 1. The number of nitrogens with zero attached hydrogens (tertiary/aromatic N) is 2. The lowest BCUT2D eigenvalue weighted by Gasteiger charge is -1.96. The van der Waals surface area contributed by atoms with Gasteiger partial charge in [0.05, 0.1) is 16.9 Å². The van der Waals surface area contributed by atoms with Gasteiger partial charge in [0.2, 0.25) is 11.7 Å². The minimum Gasteiger partial charge on any atom is -0.481 e. The van der Waals surface area contributed by atoms with Crippen molar-refractivity contribution < 1.29 is 18.8 Å². The Morgan fingerprint density at radius 1 is 1.53 bits per heavy atom. The molecule has 0 saturated heterocycles. The van der Waals surface area contributed by atoms with Gasteiger partial charge in [-0.3, -0.25) is 4.79 Å². The molecule has 5 nitrogen and oxygen atoms in total. The third kappa shape index (κ3) is 2.19. The Kier molecular flexibility index (Phi) is 2.74. The fourth-order valence-electron chi connectivity index (χ4n) is 1.88. The van der Waals surface area contributed by atoms with Crippen LogP contribution in [0.25, 0.3) is 11.4 Å². The Bertz CT molecular complexity index is 658. The molecular weight excluding hydrogens is 275 g/mol. The fourth-order valence-corrected chi connectivity index (χ4v) is 2.06. The van der Waals surface area contributed by atoms with Gasteiger partial charge in [-0.1, -0.05) is 16.8 Å². The van der Waals surface area contributed by atoms with Gasteiger partial charge >= 0.3 is 5.97 Å². The van der Waals surface area contributed by atoms with Crippen LogP contribution in [0.15, 0.2) is 22.7 Å². The number of carboxylic acid groups (broad SMARTS) is 1. The second kappa shape index (κ2) is 4.31. The summed E-state index contributed by atoms with van der Waals surface area (Å²) in [7, 11) is 0. The van der Waals surface area contributed by atoms with E-state index in [1.807, 2.05) is 0 Å². The van der Waals surface area contributed by atoms with Crippen LogP contribution in [0, 0.1) is 11.7 Å². The molecule has 1 aliphatic carbocycles. The number of hydrogen-bond acceptors (Lipinski definition) is 4. The summed E-state index contributed by atoms with van der Waals surface area (Å²) in [6, 6.07) is 4.09. The average molecular weight is 283 g/mol. The molecule has 1 aromatic carbocycles. The summed E-state index contributed by atoms with van der Waals surface area (Å²) < 4.78 is 18.1. The summed E-state index contributed by atoms with van der Waals surface area (Å²) in [4.78, 5) is 14.9. The molecule has 2 atom stereocenters. The van der Waals surface area contributed by atoms with E-state index in [9.17, 15) is 9.18 Å². The highest BCUT2D eigenvalue weighted by Gasteiger charge is 2.48. The number of rotatable bonds is 3. The summed E-state index contributed by atoms with van der Waals surface area (Å²) in [6.07, 6.45) is 0.501. The molecule has 0 amide bonds. The molecule has 1 fully saturated rings. The van der Waals surface area contributed by atoms with Gasteiger partial charge < -0.3 is 9.63 Å². The highest BCUT2D eigenvalue weighted by Crippen LogP contribution is 2.47. The van der Waals surface area contributed by atoms with Gasteiger partial charge in [0, 0.05) is 5.56 Å². The second-order valence-electron chi connectivity index (χ2n) is 4.37. The molecular formula is C12H8ClFN2O3. The van der Waals surface area contributed by atoms with Crippen LogP contribution >= 0.6 is 11.6 Å². The maximum atomic E-state index is 13.0. The van der Waals surface area contributed by atoms with Crippen LogP contribution in [0.1, 0.15) is 18.2 Å². The molecule has 0 radical (unpaired) electrons. The Labute approximate surface area is 112 Å². The van der Waals surface area contributed by atoms with Crippen LogP contribution in [0.4, 0.5) is 4.39 Å². The quantitative estimate of drug-likeness (QED) is 0.936. The first kappa shape index (κ1) is 12.1. The monoisotopic (exact) mass is 282 g/mol. The van der Waals surface area contributed by atoms with E-state index < -0.39 is 17.7 Å². The van der Waals surface area contributed by atoms with Crippen molar-refractivity contribution in [2.24, 2.45) is 5.92 Å². The van der Waals surface area contributed by atoms with Crippen molar-refractivity contribution in [2.45, 2.75) is 12.3 Å². The molecule has 19 heavy (non-hydrogen) atoms. The van der Waals surface area contributed by atoms with Gasteiger partial charge in [-0.25, -0.2) is 4.39 Å². The highest BCUT2D eigenvalue weighted by atomic mass is 35.5. The van der Waals surface area contributed by atoms with E-state index in [4.69, 9.17) is 21.2 Å². The van der Waals surface area contributed by atoms with Gasteiger partial charge in [0.1, 0.15) is 5.82 Å². The molecule has 1 heterocycles. The van der Waals surface area contributed by atoms with E-state index in [2.05, 4.69) is 10.1 Å². The molecule has 0 spiro atoms. The lowest BCUT2D eigenvalue weighted by molar-refractivity contribution is -0.138. The van der Waals surface area contributed by atoms with Crippen molar-refractivity contribution in [3.63, 3.8) is 0 Å². The van der Waals surface area contributed by atoms with Gasteiger partial charge in [0.15, 0.2) is 0 Å². The molecule has 0 aliphatic heterocycles. The zero-order valence-corrected chi connectivity index (χ0v) is 10.3. The van der Waals surface area contributed by atoms with E-state index in [1.165, 1.54) is 18.2 Å². The normalized spacial score (nSPS) is 21.4. The van der Waals surface area contributed by atoms with E-state index in [1.54, 1.807) is 0 Å². The average Bonchev–Trinajstić information content (AvgIpc) is 3.04. The Morgan fingerprint density at radius 2 is 2.32 bits per heavy atom. The Morgan fingerprint density at radius 3 is 2.95 bits per heavy atom. The Hall–Kier alpha value is -1.95. The van der Waals surface area contributed by atoms with E-state index in [-0.39, 0.29) is 16.8 Å². The molecule has 1 saturated carbocycles. The maximum absolute atomic E-state index is 13.0. The summed E-state index contributed by atoms with van der Waals surface area (Å²) in [5.41, 5.74) is 0.522. The van der Waals surface area contributed by atoms with Crippen molar-refractivity contribution in [1.82, 2.24) is 10.1 Å². The molecule has 1 N–H and O–H groups in total. The first-order chi connectivity index (χ1) is 9.06. The molecule has 98 valence electrons. The topological polar surface area (TPSA) is 76.2 Å². The van der Waals surface area contributed by atoms with Crippen LogP contribution in [-0.2, 0) is 4.79 Å². The molecule has 2 aromatic rings. The van der Waals surface area contributed by atoms with Crippen LogP contribution in [0.2, 0.25) is 5.02 Å². The van der Waals surface area contributed by atoms with Gasteiger partial charge in [0.25, 0.3) is 0 Å². The van der Waals surface area contributed by atoms with Crippen molar-refractivity contribution in [1.29, 1.82) is 0 Å². The minimum atomic E-state index is -0.866. The summed E-state index contributed by atoms with van der Waals surface area (Å²) in [5, 5.41) is 12.5. The molecule has 2 unspecified atom stereocenters. The van der Waals surface area contributed by atoms with Crippen molar-refractivity contribution in [2.75, 3.05) is 0 Å². The highest BCUT2D eigenvalue weighted by molar-refractivity contribution is 6.31. The maximum Gasteiger partial charge on any atom is 0.307 e. The molecule has 7 heteroatoms. The lowest BCUT2D eigenvalue weighted by Crippen LogP contribution is -1.98. The number of halogens is 2. The van der Waals surface area contributed by atoms with Crippen LogP contribution in [0.3, 0.4) is 0 Å². The fraction of sp³-hybridized carbons (Fsp3) is 0.250. The van der Waals surface area contributed by atoms with Crippen molar-refractivity contribution in [3.8, 4) is 11.4 Å². The third-order valence-electron chi connectivity index (χ3n) is 3.04. The summed E-state index contributed by atoms with van der Waals surface area (Å²) in [6.45, 7) is 0. The summed E-state index contributed by atoms with van der Waals surface area (Å²) in [5.74, 6) is -1.51. The number of carbonyl (C=O) groups is 1. The number of aromatic nitrogens is 2. The van der Waals surface area contributed by atoms with Crippen LogP contribution < -0.4 is 0 Å². The zero-order valence-electron chi connectivity index (χ0n) is 9.51. The first-order valence-electron chi connectivity index (χ1n) is 5.58. The largest absolute Gasteiger partial charge is 0.481 e. The predicted molar refractivity (Wildman–Crippen MR) is 63.2 cm³/mol. The van der Waals surface area contributed by atoms with E-state index in [0.717, 1.165) is 0 Å². The number of aliphatic carboxylic acids is 1. The van der Waals surface area contributed by atoms with Crippen molar-refractivity contribution >= 4 is 17.6 Å². The minimum absolute atomic E-state index is 0.0290. The van der Waals surface area contributed by atoms with Gasteiger partial charge in [-0.2, -0.15) is 4.98 Å². The number of hydrogen-bond donors (Lipinski definition) is 1. The third-order valence-corrected chi connectivity index (χ3v) is 3.33. The second-order valence-corrected chi connectivity index (χ2v) is 4.78. The Balaban J connectivity index is 1.85. The lowest BCUT2D eigenvalue weighted by atomic mass is 10.2. The van der Waals surface area contributed by atoms with Crippen LogP contribution in [0.5, 0.6) is 0 Å². The standard InChI is InChI=1S/C12H8ClFN2O3/c13-8-3-5(1-2-9(8)14)10-15-11(19-16-10)6-4-7(6)12(17)18/h1-3,6-7H,4H2,(H,17,18). The van der Waals surface area contributed by atoms with Gasteiger partial charge in [-0.05, 0) is 24.6 Å². The first-order valence-corrected chi connectivity index (χ1v) is 5.96. The SMILES string of the molecule is O=C(O)C1CC1c1nc(-c2ccc(F)c(Cl)c2)no1. The van der Waals surface area contributed by atoms with Gasteiger partial charge in [-0.15, -0.1) is 0 Å².